The van der Waals surface area contributed by atoms with Crippen LogP contribution in [0.1, 0.15) is 41.9 Å². The molecule has 1 saturated heterocycles. The van der Waals surface area contributed by atoms with Crippen LogP contribution in [0.3, 0.4) is 0 Å². The molecule has 8 heteroatoms. The number of hydrogen-bond donors (Lipinski definition) is 3. The van der Waals surface area contributed by atoms with Gasteiger partial charge in [0, 0.05) is 11.3 Å². The molecule has 3 N–H and O–H groups in total. The van der Waals surface area contributed by atoms with Crippen molar-refractivity contribution in [2.24, 2.45) is 0 Å². The minimum atomic E-state index is -0.732. The van der Waals surface area contributed by atoms with Crippen molar-refractivity contribution in [3.63, 3.8) is 0 Å². The van der Waals surface area contributed by atoms with Crippen LogP contribution in [-0.2, 0) is 14.4 Å². The van der Waals surface area contributed by atoms with Crippen molar-refractivity contribution in [1.82, 2.24) is 10.6 Å². The Morgan fingerprint density at radius 3 is 2.68 bits per heavy atom. The Kier molecular flexibility index (Phi) is 6.71. The number of aryl methyl sites for hydroxylation is 1. The fourth-order valence-electron chi connectivity index (χ4n) is 1.91. The SMILES string of the molecule is CC.Cc1cc(C(=O)NC2CCC(=O)NC2=O)c(NC=O)s1. The highest BCUT2D eigenvalue weighted by molar-refractivity contribution is 7.16. The summed E-state index contributed by atoms with van der Waals surface area (Å²) in [5.74, 6) is -1.30. The van der Waals surface area contributed by atoms with Gasteiger partial charge in [0.25, 0.3) is 5.91 Å². The first kappa shape index (κ1) is 17.8. The van der Waals surface area contributed by atoms with Crippen LogP contribution in [0.25, 0.3) is 0 Å². The highest BCUT2D eigenvalue weighted by Crippen LogP contribution is 2.27. The van der Waals surface area contributed by atoms with Crippen molar-refractivity contribution in [3.05, 3.63) is 16.5 Å². The van der Waals surface area contributed by atoms with Crippen LogP contribution in [0, 0.1) is 6.92 Å². The summed E-state index contributed by atoms with van der Waals surface area (Å²) in [4.78, 5) is 46.1. The lowest BCUT2D eigenvalue weighted by atomic mass is 10.1. The third kappa shape index (κ3) is 4.39. The molecule has 0 saturated carbocycles. The van der Waals surface area contributed by atoms with Gasteiger partial charge in [0.2, 0.25) is 18.2 Å². The van der Waals surface area contributed by atoms with Gasteiger partial charge in [-0.2, -0.15) is 0 Å². The van der Waals surface area contributed by atoms with Gasteiger partial charge in [0.05, 0.1) is 5.56 Å². The van der Waals surface area contributed by atoms with Crippen LogP contribution in [0.2, 0.25) is 0 Å². The van der Waals surface area contributed by atoms with E-state index in [0.29, 0.717) is 17.0 Å². The second kappa shape index (κ2) is 8.28. The molecule has 22 heavy (non-hydrogen) atoms. The summed E-state index contributed by atoms with van der Waals surface area (Å²) in [7, 11) is 0. The van der Waals surface area contributed by atoms with Crippen LogP contribution < -0.4 is 16.0 Å². The minimum Gasteiger partial charge on any atom is -0.340 e. The van der Waals surface area contributed by atoms with Crippen molar-refractivity contribution in [1.29, 1.82) is 0 Å². The van der Waals surface area contributed by atoms with Crippen LogP contribution in [0.4, 0.5) is 5.00 Å². The van der Waals surface area contributed by atoms with Gasteiger partial charge in [0.15, 0.2) is 0 Å². The third-order valence-corrected chi connectivity index (χ3v) is 3.82. The van der Waals surface area contributed by atoms with Gasteiger partial charge in [-0.15, -0.1) is 11.3 Å². The minimum absolute atomic E-state index is 0.193. The lowest BCUT2D eigenvalue weighted by Gasteiger charge is -2.21. The molecular formula is C14H19N3O4S. The van der Waals surface area contributed by atoms with Crippen molar-refractivity contribution in [2.45, 2.75) is 39.7 Å². The summed E-state index contributed by atoms with van der Waals surface area (Å²) in [5.41, 5.74) is 0.310. The van der Waals surface area contributed by atoms with Crippen molar-refractivity contribution < 1.29 is 19.2 Å². The smallest absolute Gasteiger partial charge is 0.254 e. The number of hydrogen-bond acceptors (Lipinski definition) is 5. The van der Waals surface area contributed by atoms with Crippen molar-refractivity contribution in [3.8, 4) is 0 Å². The molecule has 120 valence electrons. The molecule has 1 aliphatic rings. The largest absolute Gasteiger partial charge is 0.340 e. The molecule has 7 nitrogen and oxygen atoms in total. The summed E-state index contributed by atoms with van der Waals surface area (Å²) in [5, 5.41) is 7.62. The zero-order chi connectivity index (χ0) is 16.7. The molecule has 0 spiro atoms. The molecule has 1 atom stereocenters. The van der Waals surface area contributed by atoms with Gasteiger partial charge >= 0.3 is 0 Å². The third-order valence-electron chi connectivity index (χ3n) is 2.83. The lowest BCUT2D eigenvalue weighted by molar-refractivity contribution is -0.134. The Morgan fingerprint density at radius 2 is 2.09 bits per heavy atom. The molecule has 0 bridgehead atoms. The zero-order valence-corrected chi connectivity index (χ0v) is 13.5. The molecule has 1 unspecified atom stereocenters. The number of imide groups is 1. The molecule has 1 fully saturated rings. The van der Waals surface area contributed by atoms with E-state index in [1.807, 2.05) is 20.8 Å². The Hall–Kier alpha value is -2.22. The van der Waals surface area contributed by atoms with E-state index >= 15 is 0 Å². The predicted octanol–water partition coefficient (Wildman–Crippen LogP) is 1.19. The Labute approximate surface area is 132 Å². The average molecular weight is 325 g/mol. The predicted molar refractivity (Wildman–Crippen MR) is 83.7 cm³/mol. The van der Waals surface area contributed by atoms with Gasteiger partial charge in [0.1, 0.15) is 11.0 Å². The maximum atomic E-state index is 12.1. The second-order valence-corrected chi connectivity index (χ2v) is 5.60. The first-order valence-corrected chi connectivity index (χ1v) is 7.78. The van der Waals surface area contributed by atoms with E-state index in [0.717, 1.165) is 4.88 Å². The number of thiophene rings is 1. The van der Waals surface area contributed by atoms with E-state index in [-0.39, 0.29) is 18.7 Å². The monoisotopic (exact) mass is 325 g/mol. The van der Waals surface area contributed by atoms with E-state index in [2.05, 4.69) is 16.0 Å². The van der Waals surface area contributed by atoms with Crippen molar-refractivity contribution in [2.75, 3.05) is 5.32 Å². The van der Waals surface area contributed by atoms with Gasteiger partial charge in [-0.1, -0.05) is 13.8 Å². The normalized spacial score (nSPS) is 17.0. The van der Waals surface area contributed by atoms with E-state index in [1.54, 1.807) is 6.07 Å². The molecule has 0 aromatic carbocycles. The first-order chi connectivity index (χ1) is 10.5. The van der Waals surface area contributed by atoms with Gasteiger partial charge in [-0.25, -0.2) is 0 Å². The van der Waals surface area contributed by atoms with Gasteiger partial charge in [-0.05, 0) is 19.4 Å². The Morgan fingerprint density at radius 1 is 1.41 bits per heavy atom. The topological polar surface area (TPSA) is 104 Å². The number of anilines is 1. The number of piperidine rings is 1. The average Bonchev–Trinajstić information content (AvgIpc) is 2.85. The van der Waals surface area contributed by atoms with Crippen LogP contribution in [0.15, 0.2) is 6.07 Å². The summed E-state index contributed by atoms with van der Waals surface area (Å²) in [6.45, 7) is 5.81. The zero-order valence-electron chi connectivity index (χ0n) is 12.7. The van der Waals surface area contributed by atoms with Crippen LogP contribution in [-0.4, -0.2) is 30.2 Å². The number of rotatable bonds is 4. The highest BCUT2D eigenvalue weighted by Gasteiger charge is 2.29. The first-order valence-electron chi connectivity index (χ1n) is 6.96. The molecule has 0 aliphatic carbocycles. The maximum absolute atomic E-state index is 12.1. The van der Waals surface area contributed by atoms with Crippen LogP contribution in [0.5, 0.6) is 0 Å². The number of nitrogens with one attached hydrogen (secondary N) is 3. The maximum Gasteiger partial charge on any atom is 0.254 e. The summed E-state index contributed by atoms with van der Waals surface area (Å²) >= 11 is 1.27. The Bertz CT molecular complexity index is 583. The summed E-state index contributed by atoms with van der Waals surface area (Å²) in [6, 6.07) is 0.905. The lowest BCUT2D eigenvalue weighted by Crippen LogP contribution is -2.52. The van der Waals surface area contributed by atoms with Gasteiger partial charge < -0.3 is 10.6 Å². The molecule has 1 aromatic heterocycles. The highest BCUT2D eigenvalue weighted by atomic mass is 32.1. The summed E-state index contributed by atoms with van der Waals surface area (Å²) in [6.07, 6.45) is 0.961. The molecule has 1 aliphatic heterocycles. The number of amides is 4. The molecule has 1 aromatic rings. The molecule has 2 heterocycles. The quantitative estimate of drug-likeness (QED) is 0.571. The molecule has 0 radical (unpaired) electrons. The van der Waals surface area contributed by atoms with E-state index in [1.165, 1.54) is 11.3 Å². The molecule has 2 rings (SSSR count). The standard InChI is InChI=1S/C12H13N3O4S.C2H6/c1-6-4-7(12(20-6)13-5-16)10(18)14-8-2-3-9(17)15-11(8)19;1-2/h4-5,8H,2-3H2,1H3,(H,13,16)(H,14,18)(H,15,17,19);1-2H3. The van der Waals surface area contributed by atoms with Crippen LogP contribution >= 0.6 is 11.3 Å². The second-order valence-electron chi connectivity index (χ2n) is 4.34. The number of carbonyl (C=O) groups is 4. The number of carbonyl (C=O) groups excluding carboxylic acids is 4. The fourth-order valence-corrected chi connectivity index (χ4v) is 2.78. The fraction of sp³-hybridized carbons (Fsp3) is 0.429. The Balaban J connectivity index is 0.00000116. The van der Waals surface area contributed by atoms with Crippen molar-refractivity contribution >= 4 is 40.5 Å². The molecular weight excluding hydrogens is 306 g/mol. The van der Waals surface area contributed by atoms with E-state index < -0.39 is 17.9 Å². The molecule has 4 amide bonds. The van der Waals surface area contributed by atoms with Gasteiger partial charge in [-0.3, -0.25) is 24.5 Å². The van der Waals surface area contributed by atoms with E-state index in [4.69, 9.17) is 0 Å². The summed E-state index contributed by atoms with van der Waals surface area (Å²) < 4.78 is 0. The van der Waals surface area contributed by atoms with E-state index in [9.17, 15) is 19.2 Å².